The fourth-order valence-corrected chi connectivity index (χ4v) is 3.83. The Labute approximate surface area is 122 Å². The van der Waals surface area contributed by atoms with E-state index in [0.29, 0.717) is 11.4 Å². The Morgan fingerprint density at radius 2 is 2.42 bits per heavy atom. The van der Waals surface area contributed by atoms with Gasteiger partial charge in [0.25, 0.3) is 0 Å². The van der Waals surface area contributed by atoms with Crippen molar-refractivity contribution in [1.29, 1.82) is 0 Å². The highest BCUT2D eigenvalue weighted by Gasteiger charge is 2.43. The molecule has 0 aromatic carbocycles. The zero-order valence-corrected chi connectivity index (χ0v) is 12.2. The molecule has 0 spiro atoms. The number of carbonyl (C=O) groups is 1. The average molecular weight is 300 g/mol. The lowest BCUT2D eigenvalue weighted by molar-refractivity contribution is -0.124. The first-order valence-corrected chi connectivity index (χ1v) is 7.72. The number of thioether (sulfide) groups is 1. The Kier molecular flexibility index (Phi) is 4.71. The number of hydrogen-bond donors (Lipinski definition) is 2. The average Bonchev–Trinajstić information content (AvgIpc) is 2.75. The maximum Gasteiger partial charge on any atom is 0.237 e. The van der Waals surface area contributed by atoms with Gasteiger partial charge in [-0.15, -0.1) is 11.8 Å². The summed E-state index contributed by atoms with van der Waals surface area (Å²) in [4.78, 5) is 15.7. The number of rotatable bonds is 5. The monoisotopic (exact) mass is 299 g/mol. The third kappa shape index (κ3) is 3.22. The second-order valence-electron chi connectivity index (χ2n) is 4.92. The lowest BCUT2D eigenvalue weighted by atomic mass is 9.85. The molecule has 1 fully saturated rings. The summed E-state index contributed by atoms with van der Waals surface area (Å²) in [6, 6.07) is 3.63. The van der Waals surface area contributed by atoms with E-state index in [1.54, 1.807) is 24.0 Å². The molecule has 2 rings (SSSR count). The smallest absolute Gasteiger partial charge is 0.237 e. The molecule has 6 heteroatoms. The topological polar surface area (TPSA) is 82.0 Å². The summed E-state index contributed by atoms with van der Waals surface area (Å²) in [5.41, 5.74) is 10.7. The fraction of sp³-hybridized carbons (Fsp3) is 0.538. The van der Waals surface area contributed by atoms with Crippen LogP contribution in [0.2, 0.25) is 5.02 Å². The molecule has 1 aromatic rings. The van der Waals surface area contributed by atoms with E-state index in [1.807, 2.05) is 6.07 Å². The first-order valence-electron chi connectivity index (χ1n) is 6.36. The maximum atomic E-state index is 11.5. The summed E-state index contributed by atoms with van der Waals surface area (Å²) in [5.74, 6) is 0.629. The van der Waals surface area contributed by atoms with Crippen LogP contribution in [0.1, 0.15) is 25.7 Å². The molecule has 2 unspecified atom stereocenters. The molecule has 104 valence electrons. The van der Waals surface area contributed by atoms with Gasteiger partial charge in [-0.1, -0.05) is 18.0 Å². The van der Waals surface area contributed by atoms with Gasteiger partial charge in [0.05, 0.1) is 10.6 Å². The van der Waals surface area contributed by atoms with E-state index in [1.165, 1.54) is 0 Å². The van der Waals surface area contributed by atoms with Gasteiger partial charge in [-0.25, -0.2) is 4.98 Å². The highest BCUT2D eigenvalue weighted by Crippen LogP contribution is 2.37. The fourth-order valence-electron chi connectivity index (χ4n) is 2.60. The molecule has 2 atom stereocenters. The van der Waals surface area contributed by atoms with Crippen molar-refractivity contribution in [1.82, 2.24) is 4.98 Å². The Morgan fingerprint density at radius 1 is 1.63 bits per heavy atom. The van der Waals surface area contributed by atoms with Crippen LogP contribution in [-0.2, 0) is 4.79 Å². The number of halogens is 1. The second-order valence-corrected chi connectivity index (χ2v) is 6.41. The van der Waals surface area contributed by atoms with Crippen LogP contribution in [0.25, 0.3) is 0 Å². The molecule has 1 amide bonds. The Balaban J connectivity index is 1.89. The summed E-state index contributed by atoms with van der Waals surface area (Å²) < 4.78 is 0. The molecule has 1 aromatic heterocycles. The van der Waals surface area contributed by atoms with Gasteiger partial charge in [0.1, 0.15) is 5.03 Å². The van der Waals surface area contributed by atoms with Crippen molar-refractivity contribution in [3.8, 4) is 0 Å². The van der Waals surface area contributed by atoms with E-state index in [-0.39, 0.29) is 11.8 Å². The Hall–Kier alpha value is -0.780. The van der Waals surface area contributed by atoms with Crippen molar-refractivity contribution >= 4 is 29.3 Å². The van der Waals surface area contributed by atoms with Crippen LogP contribution in [0, 0.1) is 5.92 Å². The van der Waals surface area contributed by atoms with Crippen molar-refractivity contribution in [3.63, 3.8) is 0 Å². The third-order valence-corrected chi connectivity index (χ3v) is 5.22. The maximum absolute atomic E-state index is 11.5. The number of hydrogen-bond acceptors (Lipinski definition) is 4. The quantitative estimate of drug-likeness (QED) is 0.817. The normalized spacial score (nSPS) is 26.5. The zero-order chi connectivity index (χ0) is 13.9. The van der Waals surface area contributed by atoms with Gasteiger partial charge in [-0.05, 0) is 43.1 Å². The van der Waals surface area contributed by atoms with Crippen LogP contribution >= 0.6 is 23.4 Å². The molecule has 19 heavy (non-hydrogen) atoms. The van der Waals surface area contributed by atoms with E-state index in [2.05, 4.69) is 4.98 Å². The molecule has 0 bridgehead atoms. The first-order chi connectivity index (χ1) is 9.04. The number of nitrogens with zero attached hydrogens (tertiary/aromatic N) is 1. The Morgan fingerprint density at radius 3 is 3.11 bits per heavy atom. The molecule has 0 saturated heterocycles. The molecular formula is C13H18ClN3OS. The summed E-state index contributed by atoms with van der Waals surface area (Å²) in [5, 5.41) is 1.48. The molecule has 1 aliphatic rings. The molecule has 1 heterocycles. The number of carbonyl (C=O) groups excluding carboxylic acids is 1. The van der Waals surface area contributed by atoms with Gasteiger partial charge in [0.15, 0.2) is 0 Å². The van der Waals surface area contributed by atoms with Gasteiger partial charge < -0.3 is 11.5 Å². The minimum atomic E-state index is -0.825. The largest absolute Gasteiger partial charge is 0.368 e. The van der Waals surface area contributed by atoms with Crippen molar-refractivity contribution in [3.05, 3.63) is 23.4 Å². The minimum absolute atomic E-state index is 0.167. The highest BCUT2D eigenvalue weighted by atomic mass is 35.5. The lowest BCUT2D eigenvalue weighted by Gasteiger charge is -2.27. The molecule has 1 aliphatic carbocycles. The summed E-state index contributed by atoms with van der Waals surface area (Å²) >= 11 is 7.64. The molecular weight excluding hydrogens is 282 g/mol. The summed E-state index contributed by atoms with van der Waals surface area (Å²) in [6.45, 7) is 0. The van der Waals surface area contributed by atoms with E-state index < -0.39 is 5.54 Å². The van der Waals surface area contributed by atoms with E-state index in [4.69, 9.17) is 23.1 Å². The number of nitrogens with two attached hydrogens (primary N) is 2. The van der Waals surface area contributed by atoms with Gasteiger partial charge >= 0.3 is 0 Å². The van der Waals surface area contributed by atoms with Crippen LogP contribution in [0.4, 0.5) is 0 Å². The lowest BCUT2D eigenvalue weighted by Crippen LogP contribution is -2.54. The summed E-state index contributed by atoms with van der Waals surface area (Å²) in [6.07, 6.45) is 5.22. The molecule has 0 aliphatic heterocycles. The SMILES string of the molecule is NC(=O)C1(N)CCCC1CCSc1ncccc1Cl. The predicted octanol–water partition coefficient (Wildman–Crippen LogP) is 2.20. The van der Waals surface area contributed by atoms with Crippen LogP contribution in [0.3, 0.4) is 0 Å². The van der Waals surface area contributed by atoms with Crippen LogP contribution < -0.4 is 11.5 Å². The van der Waals surface area contributed by atoms with Crippen molar-refractivity contribution < 1.29 is 4.79 Å². The standard InChI is InChI=1S/C13H18ClN3OS/c14-10-4-2-7-17-11(10)19-8-5-9-3-1-6-13(9,16)12(15)18/h2,4,7,9H,1,3,5-6,8,16H2,(H2,15,18). The molecule has 4 nitrogen and oxygen atoms in total. The number of pyridine rings is 1. The minimum Gasteiger partial charge on any atom is -0.368 e. The summed E-state index contributed by atoms with van der Waals surface area (Å²) in [7, 11) is 0. The third-order valence-electron chi connectivity index (χ3n) is 3.76. The molecule has 4 N–H and O–H groups in total. The van der Waals surface area contributed by atoms with Gasteiger partial charge in [-0.2, -0.15) is 0 Å². The van der Waals surface area contributed by atoms with Crippen LogP contribution in [-0.4, -0.2) is 22.2 Å². The van der Waals surface area contributed by atoms with E-state index in [9.17, 15) is 4.79 Å². The molecule has 0 radical (unpaired) electrons. The van der Waals surface area contributed by atoms with Gasteiger partial charge in [-0.3, -0.25) is 4.79 Å². The van der Waals surface area contributed by atoms with Gasteiger partial charge in [0, 0.05) is 6.20 Å². The van der Waals surface area contributed by atoms with E-state index in [0.717, 1.165) is 30.0 Å². The van der Waals surface area contributed by atoms with Crippen molar-refractivity contribution in [2.45, 2.75) is 36.2 Å². The predicted molar refractivity (Wildman–Crippen MR) is 78.0 cm³/mol. The number of amides is 1. The Bertz CT molecular complexity index is 471. The number of primary amides is 1. The second kappa shape index (κ2) is 6.11. The zero-order valence-electron chi connectivity index (χ0n) is 10.6. The van der Waals surface area contributed by atoms with Crippen molar-refractivity contribution in [2.75, 3.05) is 5.75 Å². The van der Waals surface area contributed by atoms with Crippen LogP contribution in [0.5, 0.6) is 0 Å². The highest BCUT2D eigenvalue weighted by molar-refractivity contribution is 7.99. The van der Waals surface area contributed by atoms with Crippen molar-refractivity contribution in [2.24, 2.45) is 17.4 Å². The van der Waals surface area contributed by atoms with Gasteiger partial charge in [0.2, 0.25) is 5.91 Å². The number of aromatic nitrogens is 1. The molecule has 1 saturated carbocycles. The first kappa shape index (κ1) is 14.6. The van der Waals surface area contributed by atoms with Crippen LogP contribution in [0.15, 0.2) is 23.4 Å². The van der Waals surface area contributed by atoms with E-state index >= 15 is 0 Å².